The second-order valence-corrected chi connectivity index (χ2v) is 6.70. The van der Waals surface area contributed by atoms with Crippen LogP contribution in [0.5, 0.6) is 0 Å². The highest BCUT2D eigenvalue weighted by atomic mass is 15.0. The molecule has 0 aliphatic heterocycles. The molecule has 1 nitrogen and oxygen atoms in total. The maximum absolute atomic E-state index is 2.40. The molecule has 0 fully saturated rings. The predicted octanol–water partition coefficient (Wildman–Crippen LogP) is 7.24. The SMILES string of the molecule is CC.Cc1cc(-n2c3ccccc3c3ccccc32)cc2c1C=CC=CC2. The van der Waals surface area contributed by atoms with Gasteiger partial charge in [0.2, 0.25) is 0 Å². The molecule has 0 bridgehead atoms. The first-order chi connectivity index (χ1) is 13.3. The van der Waals surface area contributed by atoms with E-state index >= 15 is 0 Å². The number of allylic oxidation sites excluding steroid dienone is 3. The van der Waals surface area contributed by atoms with E-state index in [1.54, 1.807) is 0 Å². The zero-order valence-corrected chi connectivity index (χ0v) is 16.2. The predicted molar refractivity (Wildman–Crippen MR) is 119 cm³/mol. The molecule has 0 saturated heterocycles. The summed E-state index contributed by atoms with van der Waals surface area (Å²) in [4.78, 5) is 0. The van der Waals surface area contributed by atoms with E-state index in [9.17, 15) is 0 Å². The average molecular weight is 351 g/mol. The number of benzene rings is 3. The van der Waals surface area contributed by atoms with E-state index in [1.807, 2.05) is 13.8 Å². The van der Waals surface area contributed by atoms with Crippen molar-refractivity contribution in [2.75, 3.05) is 0 Å². The molecule has 1 heterocycles. The Labute approximate surface area is 161 Å². The molecule has 5 rings (SSSR count). The first-order valence-corrected chi connectivity index (χ1v) is 9.78. The molecule has 1 aromatic heterocycles. The summed E-state index contributed by atoms with van der Waals surface area (Å²) >= 11 is 0. The molecule has 0 N–H and O–H groups in total. The van der Waals surface area contributed by atoms with Gasteiger partial charge < -0.3 is 4.57 Å². The van der Waals surface area contributed by atoms with Crippen molar-refractivity contribution in [3.63, 3.8) is 0 Å². The fraction of sp³-hybridized carbons (Fsp3) is 0.154. The highest BCUT2D eigenvalue weighted by Gasteiger charge is 2.14. The smallest absolute Gasteiger partial charge is 0.0541 e. The Hall–Kier alpha value is -3.06. The zero-order valence-electron chi connectivity index (χ0n) is 16.2. The fourth-order valence-electron chi connectivity index (χ4n) is 4.01. The van der Waals surface area contributed by atoms with Crippen molar-refractivity contribution in [1.29, 1.82) is 0 Å². The Bertz CT molecular complexity index is 1120. The van der Waals surface area contributed by atoms with Crippen molar-refractivity contribution >= 4 is 27.9 Å². The first-order valence-electron chi connectivity index (χ1n) is 9.78. The lowest BCUT2D eigenvalue weighted by molar-refractivity contribution is 1.14. The molecule has 0 spiro atoms. The van der Waals surface area contributed by atoms with Gasteiger partial charge >= 0.3 is 0 Å². The summed E-state index contributed by atoms with van der Waals surface area (Å²) < 4.78 is 2.40. The minimum Gasteiger partial charge on any atom is -0.309 e. The summed E-state index contributed by atoms with van der Waals surface area (Å²) in [5, 5.41) is 2.62. The van der Waals surface area contributed by atoms with E-state index in [-0.39, 0.29) is 0 Å². The molecule has 3 aromatic carbocycles. The lowest BCUT2D eigenvalue weighted by Gasteiger charge is -2.14. The summed E-state index contributed by atoms with van der Waals surface area (Å²) in [6.07, 6.45) is 9.72. The van der Waals surface area contributed by atoms with Gasteiger partial charge in [0.05, 0.1) is 11.0 Å². The Balaban J connectivity index is 0.000000872. The van der Waals surface area contributed by atoms with Crippen molar-refractivity contribution in [2.24, 2.45) is 0 Å². The molecule has 0 saturated carbocycles. The molecule has 0 atom stereocenters. The van der Waals surface area contributed by atoms with Gasteiger partial charge in [-0.05, 0) is 54.3 Å². The zero-order chi connectivity index (χ0) is 18.8. The minimum absolute atomic E-state index is 0.980. The van der Waals surface area contributed by atoms with E-state index in [0.29, 0.717) is 0 Å². The largest absolute Gasteiger partial charge is 0.309 e. The second-order valence-electron chi connectivity index (χ2n) is 6.70. The van der Waals surface area contributed by atoms with Crippen LogP contribution >= 0.6 is 0 Å². The molecule has 0 unspecified atom stereocenters. The molecule has 27 heavy (non-hydrogen) atoms. The second kappa shape index (κ2) is 7.28. The molecule has 0 radical (unpaired) electrons. The standard InChI is InChI=1S/C24H19N.C2H6/c1-17-15-19(16-18-9-3-2-4-10-20(17)18)25-23-13-7-5-11-21(23)22-12-6-8-14-24(22)25;1-2/h2-8,10-16H,9H2,1H3;1-2H3. The van der Waals surface area contributed by atoms with Crippen molar-refractivity contribution in [1.82, 2.24) is 4.57 Å². The van der Waals surface area contributed by atoms with Gasteiger partial charge in [-0.15, -0.1) is 0 Å². The van der Waals surface area contributed by atoms with E-state index < -0.39 is 0 Å². The van der Waals surface area contributed by atoms with Crippen LogP contribution < -0.4 is 0 Å². The van der Waals surface area contributed by atoms with Crippen molar-refractivity contribution in [2.45, 2.75) is 27.2 Å². The van der Waals surface area contributed by atoms with Gasteiger partial charge in [0.25, 0.3) is 0 Å². The minimum atomic E-state index is 0.980. The molecule has 134 valence electrons. The summed E-state index contributed by atoms with van der Waals surface area (Å²) in [5.74, 6) is 0. The average Bonchev–Trinajstić information content (AvgIpc) is 2.85. The Morgan fingerprint density at radius 3 is 2.07 bits per heavy atom. The number of aryl methyl sites for hydroxylation is 1. The van der Waals surface area contributed by atoms with Gasteiger partial charge in [-0.1, -0.05) is 74.5 Å². The maximum atomic E-state index is 2.40. The van der Waals surface area contributed by atoms with Crippen LogP contribution in [0.2, 0.25) is 0 Å². The van der Waals surface area contributed by atoms with E-state index in [2.05, 4.69) is 96.5 Å². The molecular formula is C26H25N. The third-order valence-electron chi connectivity index (χ3n) is 5.14. The van der Waals surface area contributed by atoms with Crippen LogP contribution in [0, 0.1) is 6.92 Å². The van der Waals surface area contributed by atoms with Crippen LogP contribution in [0.1, 0.15) is 30.5 Å². The molecular weight excluding hydrogens is 326 g/mol. The molecule has 1 heteroatoms. The number of para-hydroxylation sites is 2. The van der Waals surface area contributed by atoms with Crippen molar-refractivity contribution < 1.29 is 0 Å². The topological polar surface area (TPSA) is 4.93 Å². The number of rotatable bonds is 1. The summed E-state index contributed by atoms with van der Waals surface area (Å²) in [5.41, 5.74) is 7.86. The van der Waals surface area contributed by atoms with Gasteiger partial charge in [0.1, 0.15) is 0 Å². The van der Waals surface area contributed by atoms with Crippen molar-refractivity contribution in [3.8, 4) is 5.69 Å². The van der Waals surface area contributed by atoms with Gasteiger partial charge in [0.15, 0.2) is 0 Å². The number of hydrogen-bond donors (Lipinski definition) is 0. The van der Waals surface area contributed by atoms with Crippen LogP contribution in [-0.2, 0) is 6.42 Å². The molecule has 1 aliphatic carbocycles. The van der Waals surface area contributed by atoms with E-state index in [1.165, 1.54) is 44.2 Å². The number of hydrogen-bond acceptors (Lipinski definition) is 0. The van der Waals surface area contributed by atoms with Gasteiger partial charge in [-0.2, -0.15) is 0 Å². The van der Waals surface area contributed by atoms with Gasteiger partial charge in [-0.3, -0.25) is 0 Å². The van der Waals surface area contributed by atoms with Crippen LogP contribution in [0.3, 0.4) is 0 Å². The van der Waals surface area contributed by atoms with Crippen LogP contribution in [0.25, 0.3) is 33.6 Å². The third-order valence-corrected chi connectivity index (χ3v) is 5.14. The highest BCUT2D eigenvalue weighted by molar-refractivity contribution is 6.09. The third kappa shape index (κ3) is 2.90. The molecule has 1 aliphatic rings. The quantitative estimate of drug-likeness (QED) is 0.340. The van der Waals surface area contributed by atoms with Crippen LogP contribution in [0.15, 0.2) is 78.9 Å². The molecule has 0 amide bonds. The Kier molecular flexibility index (Phi) is 4.68. The highest BCUT2D eigenvalue weighted by Crippen LogP contribution is 2.33. The Morgan fingerprint density at radius 1 is 0.778 bits per heavy atom. The van der Waals surface area contributed by atoms with Gasteiger partial charge in [-0.25, -0.2) is 0 Å². The first kappa shape index (κ1) is 17.4. The summed E-state index contributed by atoms with van der Waals surface area (Å²) in [6, 6.07) is 22.0. The van der Waals surface area contributed by atoms with Crippen LogP contribution in [-0.4, -0.2) is 4.57 Å². The Morgan fingerprint density at radius 2 is 1.41 bits per heavy atom. The summed E-state index contributed by atoms with van der Waals surface area (Å²) in [7, 11) is 0. The number of fused-ring (bicyclic) bond motifs is 4. The maximum Gasteiger partial charge on any atom is 0.0541 e. The lowest BCUT2D eigenvalue weighted by Crippen LogP contribution is -1.99. The fourth-order valence-corrected chi connectivity index (χ4v) is 4.01. The number of aromatic nitrogens is 1. The molecule has 4 aromatic rings. The normalized spacial score (nSPS) is 12.6. The van der Waals surface area contributed by atoms with Crippen molar-refractivity contribution in [3.05, 3.63) is 95.6 Å². The number of nitrogens with zero attached hydrogens (tertiary/aromatic N) is 1. The van der Waals surface area contributed by atoms with E-state index in [0.717, 1.165) is 6.42 Å². The van der Waals surface area contributed by atoms with Crippen LogP contribution in [0.4, 0.5) is 0 Å². The van der Waals surface area contributed by atoms with E-state index in [4.69, 9.17) is 0 Å². The summed E-state index contributed by atoms with van der Waals surface area (Å²) in [6.45, 7) is 6.21. The lowest BCUT2D eigenvalue weighted by atomic mass is 9.99. The van der Waals surface area contributed by atoms with Gasteiger partial charge in [0, 0.05) is 16.5 Å². The monoisotopic (exact) mass is 351 g/mol.